The number of hydrogen-bond donors (Lipinski definition) is 1. The minimum atomic E-state index is -4.31. The fourth-order valence-corrected chi connectivity index (χ4v) is 3.88. The molecule has 1 aromatic heterocycles. The largest absolute Gasteiger partial charge is 0.416 e. The predicted octanol–water partition coefficient (Wildman–Crippen LogP) is 4.91. The van der Waals surface area contributed by atoms with Gasteiger partial charge in [0.05, 0.1) is 16.9 Å². The number of benzene rings is 1. The van der Waals surface area contributed by atoms with E-state index in [4.69, 9.17) is 5.10 Å². The molecule has 4 rings (SSSR count). The first-order valence-electron chi connectivity index (χ1n) is 8.57. The first kappa shape index (κ1) is 15.5. The summed E-state index contributed by atoms with van der Waals surface area (Å²) in [6.07, 6.45) is 2.72. The van der Waals surface area contributed by atoms with E-state index < -0.39 is 11.7 Å². The van der Waals surface area contributed by atoms with Gasteiger partial charge in [-0.05, 0) is 43.5 Å². The second-order valence-electron chi connectivity index (χ2n) is 6.68. The third kappa shape index (κ3) is 2.68. The zero-order valence-corrected chi connectivity index (χ0v) is 13.4. The summed E-state index contributed by atoms with van der Waals surface area (Å²) in [6, 6.07) is 5.25. The van der Waals surface area contributed by atoms with Gasteiger partial charge in [0, 0.05) is 18.0 Å². The molecular formula is C18H20F3N3. The average molecular weight is 335 g/mol. The maximum atomic E-state index is 12.8. The van der Waals surface area contributed by atoms with Gasteiger partial charge in [0.25, 0.3) is 0 Å². The average Bonchev–Trinajstić information content (AvgIpc) is 3.17. The van der Waals surface area contributed by atoms with Crippen molar-refractivity contribution in [1.82, 2.24) is 9.78 Å². The molecule has 1 saturated carbocycles. The fraction of sp³-hybridized carbons (Fsp3) is 0.500. The second-order valence-corrected chi connectivity index (χ2v) is 6.68. The van der Waals surface area contributed by atoms with Crippen LogP contribution >= 0.6 is 0 Å². The van der Waals surface area contributed by atoms with E-state index >= 15 is 0 Å². The molecule has 1 fully saturated rings. The highest BCUT2D eigenvalue weighted by Gasteiger charge is 2.31. The van der Waals surface area contributed by atoms with E-state index in [1.807, 2.05) is 0 Å². The molecule has 1 aromatic carbocycles. The smallest absolute Gasteiger partial charge is 0.369 e. The lowest BCUT2D eigenvalue weighted by Gasteiger charge is -2.20. The van der Waals surface area contributed by atoms with Gasteiger partial charge in [0.15, 0.2) is 0 Å². The van der Waals surface area contributed by atoms with Crippen LogP contribution < -0.4 is 5.32 Å². The molecule has 0 unspecified atom stereocenters. The molecule has 1 aliphatic carbocycles. The number of aromatic nitrogens is 2. The number of nitrogens with one attached hydrogen (secondary N) is 1. The van der Waals surface area contributed by atoms with Gasteiger partial charge in [-0.1, -0.05) is 19.3 Å². The van der Waals surface area contributed by atoms with Crippen molar-refractivity contribution in [3.05, 3.63) is 41.1 Å². The van der Waals surface area contributed by atoms with Gasteiger partial charge in [-0.15, -0.1) is 0 Å². The summed E-state index contributed by atoms with van der Waals surface area (Å²) in [4.78, 5) is 0. The minimum Gasteiger partial charge on any atom is -0.369 e. The highest BCUT2D eigenvalue weighted by molar-refractivity contribution is 5.58. The fourth-order valence-electron chi connectivity index (χ4n) is 3.88. The molecule has 0 amide bonds. The molecule has 2 aromatic rings. The Bertz CT molecular complexity index is 725. The van der Waals surface area contributed by atoms with Crippen molar-refractivity contribution in [2.75, 3.05) is 11.9 Å². The van der Waals surface area contributed by atoms with Crippen LogP contribution in [0.5, 0.6) is 0 Å². The minimum absolute atomic E-state index is 0.489. The molecule has 2 heterocycles. The van der Waals surface area contributed by atoms with Gasteiger partial charge >= 0.3 is 6.18 Å². The van der Waals surface area contributed by atoms with Gasteiger partial charge in [-0.2, -0.15) is 18.3 Å². The highest BCUT2D eigenvalue weighted by atomic mass is 19.4. The van der Waals surface area contributed by atoms with Crippen molar-refractivity contribution in [3.8, 4) is 5.69 Å². The van der Waals surface area contributed by atoms with Gasteiger partial charge in [0.2, 0.25) is 0 Å². The monoisotopic (exact) mass is 335 g/mol. The molecule has 0 bridgehead atoms. The molecule has 0 atom stereocenters. The van der Waals surface area contributed by atoms with Gasteiger partial charge < -0.3 is 5.32 Å². The summed E-state index contributed by atoms with van der Waals surface area (Å²) in [5, 5.41) is 8.14. The number of hydrogen-bond acceptors (Lipinski definition) is 2. The van der Waals surface area contributed by atoms with Crippen molar-refractivity contribution < 1.29 is 13.2 Å². The first-order valence-corrected chi connectivity index (χ1v) is 8.57. The Hall–Kier alpha value is -1.98. The molecular weight excluding hydrogens is 315 g/mol. The quantitative estimate of drug-likeness (QED) is 0.845. The lowest BCUT2D eigenvalue weighted by atomic mass is 9.85. The zero-order chi connectivity index (χ0) is 16.7. The predicted molar refractivity (Wildman–Crippen MR) is 86.6 cm³/mol. The zero-order valence-electron chi connectivity index (χ0n) is 13.4. The number of alkyl halides is 3. The SMILES string of the molecule is FC(F)(F)c1ccc(-n2nc(C3CCCCC3)c3c2NCC3)cc1. The lowest BCUT2D eigenvalue weighted by molar-refractivity contribution is -0.137. The Morgan fingerprint density at radius 1 is 1.04 bits per heavy atom. The van der Waals surface area contributed by atoms with Crippen LogP contribution in [0.3, 0.4) is 0 Å². The Morgan fingerprint density at radius 2 is 1.75 bits per heavy atom. The van der Waals surface area contributed by atoms with Crippen molar-refractivity contribution in [2.24, 2.45) is 0 Å². The Morgan fingerprint density at radius 3 is 2.42 bits per heavy atom. The van der Waals surface area contributed by atoms with E-state index in [-0.39, 0.29) is 0 Å². The molecule has 1 N–H and O–H groups in total. The van der Waals surface area contributed by atoms with Crippen LogP contribution in [0.4, 0.5) is 19.0 Å². The van der Waals surface area contributed by atoms with Crippen LogP contribution in [0.2, 0.25) is 0 Å². The van der Waals surface area contributed by atoms with Crippen LogP contribution in [0, 0.1) is 0 Å². The van der Waals surface area contributed by atoms with Crippen LogP contribution in [0.1, 0.15) is 54.8 Å². The molecule has 2 aliphatic rings. The normalized spacial score (nSPS) is 18.5. The number of fused-ring (bicyclic) bond motifs is 1. The summed E-state index contributed by atoms with van der Waals surface area (Å²) in [6.45, 7) is 0.869. The Labute approximate surface area is 138 Å². The van der Waals surface area contributed by atoms with Gasteiger partial charge in [-0.25, -0.2) is 4.68 Å². The third-order valence-electron chi connectivity index (χ3n) is 5.11. The summed E-state index contributed by atoms with van der Waals surface area (Å²) >= 11 is 0. The molecule has 0 saturated heterocycles. The van der Waals surface area contributed by atoms with Crippen LogP contribution in [-0.4, -0.2) is 16.3 Å². The molecule has 3 nitrogen and oxygen atoms in total. The Balaban J connectivity index is 1.71. The number of halogens is 3. The second kappa shape index (κ2) is 5.83. The molecule has 0 radical (unpaired) electrons. The van der Waals surface area contributed by atoms with E-state index in [0.29, 0.717) is 11.6 Å². The maximum absolute atomic E-state index is 12.8. The maximum Gasteiger partial charge on any atom is 0.416 e. The van der Waals surface area contributed by atoms with Gasteiger partial charge in [0.1, 0.15) is 5.82 Å². The molecule has 24 heavy (non-hydrogen) atoms. The summed E-state index contributed by atoms with van der Waals surface area (Å²) < 4.78 is 40.0. The standard InChI is InChI=1S/C18H20F3N3/c19-18(20,21)13-6-8-14(9-7-13)24-17-15(10-11-22-17)16(23-24)12-4-2-1-3-5-12/h6-9,12,22H,1-5,10-11H2. The first-order chi connectivity index (χ1) is 11.5. The summed E-state index contributed by atoms with van der Waals surface area (Å²) in [5.41, 5.74) is 2.45. The molecule has 0 spiro atoms. The van der Waals surface area contributed by atoms with E-state index in [9.17, 15) is 13.2 Å². The molecule has 6 heteroatoms. The summed E-state index contributed by atoms with van der Waals surface area (Å²) in [7, 11) is 0. The van der Waals surface area contributed by atoms with Crippen molar-refractivity contribution in [2.45, 2.75) is 50.6 Å². The van der Waals surface area contributed by atoms with E-state index in [0.717, 1.165) is 49.5 Å². The van der Waals surface area contributed by atoms with Gasteiger partial charge in [-0.3, -0.25) is 0 Å². The van der Waals surface area contributed by atoms with Crippen LogP contribution in [-0.2, 0) is 12.6 Å². The van der Waals surface area contributed by atoms with Crippen molar-refractivity contribution in [1.29, 1.82) is 0 Å². The topological polar surface area (TPSA) is 29.9 Å². The van der Waals surface area contributed by atoms with Crippen LogP contribution in [0.25, 0.3) is 5.69 Å². The van der Waals surface area contributed by atoms with Crippen molar-refractivity contribution in [3.63, 3.8) is 0 Å². The third-order valence-corrected chi connectivity index (χ3v) is 5.11. The Kier molecular flexibility index (Phi) is 3.77. The number of nitrogens with zero attached hydrogens (tertiary/aromatic N) is 2. The summed E-state index contributed by atoms with van der Waals surface area (Å²) in [5.74, 6) is 1.44. The van der Waals surface area contributed by atoms with Crippen LogP contribution in [0.15, 0.2) is 24.3 Å². The van der Waals surface area contributed by atoms with Crippen molar-refractivity contribution >= 4 is 5.82 Å². The molecule has 1 aliphatic heterocycles. The lowest BCUT2D eigenvalue weighted by Crippen LogP contribution is -2.10. The number of rotatable bonds is 2. The highest BCUT2D eigenvalue weighted by Crippen LogP contribution is 2.39. The molecule has 128 valence electrons. The van der Waals surface area contributed by atoms with E-state index in [2.05, 4.69) is 5.32 Å². The van der Waals surface area contributed by atoms with E-state index in [1.54, 1.807) is 4.68 Å². The van der Waals surface area contributed by atoms with E-state index in [1.165, 1.54) is 37.0 Å². The number of anilines is 1.